The Hall–Kier alpha value is -18.3. The zero-order chi connectivity index (χ0) is 97.4. The molecule has 0 aliphatic heterocycles. The van der Waals surface area contributed by atoms with E-state index in [-0.39, 0.29) is 122 Å². The van der Waals surface area contributed by atoms with Crippen molar-refractivity contribution in [3.05, 3.63) is 271 Å². The molecule has 14 N–H and O–H groups in total. The maximum Gasteiger partial charge on any atom is 0.417 e. The van der Waals surface area contributed by atoms with Crippen LogP contribution in [0.2, 0.25) is 0 Å². The van der Waals surface area contributed by atoms with Crippen molar-refractivity contribution in [2.45, 2.75) is 40.8 Å². The molecule has 678 valence electrons. The summed E-state index contributed by atoms with van der Waals surface area (Å²) in [7, 11) is 6.49. The molecule has 0 unspecified atom stereocenters. The third kappa shape index (κ3) is 24.9. The lowest BCUT2D eigenvalue weighted by molar-refractivity contribution is -0.137. The summed E-state index contributed by atoms with van der Waals surface area (Å²) in [6.07, 6.45) is -4.77. The summed E-state index contributed by atoms with van der Waals surface area (Å²) in [6, 6.07) is 42.2. The van der Waals surface area contributed by atoms with Crippen molar-refractivity contribution in [3.8, 4) is 45.6 Å². The van der Waals surface area contributed by atoms with Crippen LogP contribution in [-0.2, 0) is 25.4 Å². The van der Waals surface area contributed by atoms with Gasteiger partial charge in [0.2, 0.25) is 0 Å². The lowest BCUT2D eigenvalue weighted by Crippen LogP contribution is -2.19. The second-order valence-electron chi connectivity index (χ2n) is 27.5. The minimum absolute atomic E-state index is 0.0125. The molecular weight excluding hydrogens is 1740 g/mol. The summed E-state index contributed by atoms with van der Waals surface area (Å²) in [4.78, 5) is 211. The first kappa shape index (κ1) is 99.2. The Morgan fingerprint density at radius 3 is 0.962 bits per heavy atom. The number of ether oxygens (including phenoxy) is 5. The van der Waals surface area contributed by atoms with Gasteiger partial charge in [-0.3, -0.25) is 57.5 Å². The van der Waals surface area contributed by atoms with E-state index in [9.17, 15) is 130 Å². The molecule has 0 saturated carbocycles. The molecule has 0 fully saturated rings. The summed E-state index contributed by atoms with van der Waals surface area (Å²) >= 11 is 0. The summed E-state index contributed by atoms with van der Waals surface area (Å²) < 4.78 is 66.7. The number of halogens is 3. The molecule has 0 spiro atoms. The molecule has 0 bridgehead atoms. The van der Waals surface area contributed by atoms with Crippen molar-refractivity contribution >= 4 is 165 Å². The van der Waals surface area contributed by atoms with Crippen LogP contribution in [0.15, 0.2) is 182 Å². The van der Waals surface area contributed by atoms with Crippen molar-refractivity contribution in [2.24, 2.45) is 0 Å². The molecule has 37 nitrogen and oxygen atoms in total. The van der Waals surface area contributed by atoms with E-state index in [1.807, 2.05) is 42.5 Å². The van der Waals surface area contributed by atoms with Crippen LogP contribution in [0.3, 0.4) is 0 Å². The van der Waals surface area contributed by atoms with Gasteiger partial charge in [-0.25, -0.2) is 28.8 Å². The molecule has 0 heterocycles. The molecule has 0 aliphatic rings. The molecular formula is C92H75F3N8O29. The fourth-order valence-electron chi connectivity index (χ4n) is 12.7. The van der Waals surface area contributed by atoms with Crippen LogP contribution in [0.1, 0.15) is 184 Å². The van der Waals surface area contributed by atoms with Crippen molar-refractivity contribution in [1.82, 2.24) is 0 Å². The van der Waals surface area contributed by atoms with Crippen molar-refractivity contribution in [2.75, 3.05) is 70.7 Å². The van der Waals surface area contributed by atoms with Gasteiger partial charge in [-0.2, -0.15) is 13.2 Å². The Morgan fingerprint density at radius 2 is 0.636 bits per heavy atom. The van der Waals surface area contributed by atoms with Crippen LogP contribution in [0.4, 0.5) is 58.7 Å². The van der Waals surface area contributed by atoms with Crippen molar-refractivity contribution in [3.63, 3.8) is 0 Å². The highest BCUT2D eigenvalue weighted by molar-refractivity contribution is 6.17. The molecule has 132 heavy (non-hydrogen) atoms. The lowest BCUT2D eigenvalue weighted by Gasteiger charge is -2.18. The summed E-state index contributed by atoms with van der Waals surface area (Å²) in [5.41, 5.74) is -2.26. The minimum atomic E-state index is -4.77. The van der Waals surface area contributed by atoms with Crippen molar-refractivity contribution < 1.29 is 154 Å². The van der Waals surface area contributed by atoms with Crippen LogP contribution in [0.5, 0.6) is 34.5 Å². The zero-order valence-corrected chi connectivity index (χ0v) is 70.3. The fraction of sp³-hybridized carbons (Fsp3) is 0.109. The van der Waals surface area contributed by atoms with Gasteiger partial charge in [-0.1, -0.05) is 42.5 Å². The minimum Gasteiger partial charge on any atom is -0.478 e. The molecule has 11 rings (SSSR count). The Labute approximate surface area is 743 Å². The Morgan fingerprint density at radius 1 is 0.303 bits per heavy atom. The topological polar surface area (TPSA) is 571 Å². The van der Waals surface area contributed by atoms with E-state index in [4.69, 9.17) is 9.47 Å². The highest BCUT2D eigenvalue weighted by Crippen LogP contribution is 2.42. The lowest BCUT2D eigenvalue weighted by atomic mass is 9.94. The van der Waals surface area contributed by atoms with Gasteiger partial charge < -0.3 is 96.9 Å². The van der Waals surface area contributed by atoms with Gasteiger partial charge >= 0.3 is 42.0 Å². The second kappa shape index (κ2) is 44.1. The largest absolute Gasteiger partial charge is 0.478 e. The Kier molecular flexibility index (Phi) is 33.1. The number of carboxylic acid groups (broad SMARTS) is 6. The van der Waals surface area contributed by atoms with Gasteiger partial charge in [0.05, 0.1) is 89.1 Å². The van der Waals surface area contributed by atoms with E-state index in [2.05, 4.69) is 56.7 Å². The number of benzene rings is 11. The van der Waals surface area contributed by atoms with Gasteiger partial charge in [0.15, 0.2) is 28.9 Å². The molecule has 11 aromatic carbocycles. The van der Waals surface area contributed by atoms with E-state index in [0.717, 1.165) is 91.8 Å². The molecule has 40 heteroatoms. The van der Waals surface area contributed by atoms with Crippen molar-refractivity contribution in [1.29, 1.82) is 0 Å². The number of carbonyl (C=O) groups excluding carboxylic acids is 12. The van der Waals surface area contributed by atoms with Crippen LogP contribution < -0.4 is 66.2 Å². The van der Waals surface area contributed by atoms with E-state index in [1.165, 1.54) is 55.5 Å². The maximum absolute atomic E-state index is 14.0. The number of anilines is 8. The summed E-state index contributed by atoms with van der Waals surface area (Å²) in [5.74, 6) is -14.4. The number of ketones is 4. The standard InChI is InChI=1S/C28H22N2O7.C26H21F3N2O6.2C19H16N2O8/c1-16(32)21-13-22(23(28(34)35)14-26(21)36-15-31)27(33)30-19-8-10-25(24(12-19)29-2)37-20-9-7-17-5-3-4-6-18(17)11-20;1-13-8-15(30-3)4-6-17(13)18-7-5-16(9-22(18)26(27,28)29)31-24(34)20-10-19(14(2)33)23(37-12-32)11-21(20)25(35)36;2*1-9(23)13-6-14(15(19(27)28)7-16(13)29-8-22)17(24)21-12-4-10(18(25)26)3-11(5-12)20-2/h3-15,29H,1-2H3,(H,30,33)(H,34,35);4-12,30H,1-3H3,(H,31,34)(H,35,36);2*3-8,20H,1-2H3,(H,21,24)(H,25,26)(H,27,28). The quantitative estimate of drug-likeness (QED) is 0.0134. The zero-order valence-electron chi connectivity index (χ0n) is 70.3. The number of hydrogen-bond donors (Lipinski definition) is 14. The first-order chi connectivity index (χ1) is 62.5. The smallest absolute Gasteiger partial charge is 0.417 e. The molecule has 0 aliphatic carbocycles. The number of amides is 4. The molecule has 0 radical (unpaired) electrons. The second-order valence-corrected chi connectivity index (χ2v) is 27.5. The molecule has 0 atom stereocenters. The van der Waals surface area contributed by atoms with E-state index in [1.54, 1.807) is 71.5 Å². The third-order valence-corrected chi connectivity index (χ3v) is 18.9. The van der Waals surface area contributed by atoms with Gasteiger partial charge in [-0.15, -0.1) is 0 Å². The van der Waals surface area contributed by atoms with E-state index >= 15 is 0 Å². The van der Waals surface area contributed by atoms with Crippen LogP contribution in [0, 0.1) is 6.92 Å². The fourth-order valence-corrected chi connectivity index (χ4v) is 12.7. The van der Waals surface area contributed by atoms with Gasteiger partial charge in [0.1, 0.15) is 28.7 Å². The highest BCUT2D eigenvalue weighted by atomic mass is 19.4. The maximum atomic E-state index is 14.0. The monoisotopic (exact) mass is 1810 g/mol. The number of nitrogens with one attached hydrogen (secondary N) is 8. The first-order valence-electron chi connectivity index (χ1n) is 38.0. The van der Waals surface area contributed by atoms with Gasteiger partial charge in [0.25, 0.3) is 49.5 Å². The van der Waals surface area contributed by atoms with Crippen LogP contribution in [-0.4, -0.2) is 167 Å². The number of aromatic carboxylic acids is 6. The predicted octanol–water partition coefficient (Wildman–Crippen LogP) is 15.0. The van der Waals surface area contributed by atoms with Gasteiger partial charge in [0, 0.05) is 68.0 Å². The number of carboxylic acids is 6. The predicted molar refractivity (Wildman–Crippen MR) is 469 cm³/mol. The number of hydrogen-bond acceptors (Lipinski definition) is 27. The van der Waals surface area contributed by atoms with E-state index < -0.39 is 122 Å². The number of fused-ring (bicyclic) bond motifs is 1. The first-order valence-corrected chi connectivity index (χ1v) is 38.0. The van der Waals surface area contributed by atoms with Crippen LogP contribution in [0.25, 0.3) is 21.9 Å². The normalized spacial score (nSPS) is 10.4. The number of alkyl halides is 3. The highest BCUT2D eigenvalue weighted by Gasteiger charge is 2.36. The molecule has 0 aromatic heterocycles. The third-order valence-electron chi connectivity index (χ3n) is 18.9. The number of aryl methyl sites for hydroxylation is 1. The molecule has 11 aromatic rings. The Balaban J connectivity index is 0.000000218. The summed E-state index contributed by atoms with van der Waals surface area (Å²) in [6.45, 7) is 6.43. The average molecular weight is 1810 g/mol. The Bertz CT molecular complexity index is 6400. The molecule has 4 amide bonds. The van der Waals surface area contributed by atoms with Gasteiger partial charge in [-0.05, 0) is 202 Å². The molecule has 0 saturated heterocycles. The number of Topliss-reactive ketones (excluding diaryl/α,β-unsaturated/α-hetero) is 4. The van der Waals surface area contributed by atoms with E-state index in [0.29, 0.717) is 45.4 Å². The SMILES string of the molecule is CNc1cc(NC(=O)c2cc(C(C)=O)c(OC=O)cc2C(=O)O)cc(C(=O)O)c1.CNc1cc(NC(=O)c2cc(C(C)=O)c(OC=O)cc2C(=O)O)cc(C(=O)O)c1.CNc1cc(NC(=O)c2cc(C(C)=O)c(OC=O)cc2C(=O)O)ccc1Oc1ccc2ccccc2c1.CNc1ccc(-c2ccc(NC(=O)c3cc(C(C)=O)c(OC=O)cc3C(=O)O)cc2C(F)(F)F)c(C)c1. The number of carbonyl (C=O) groups is 18. The number of rotatable bonds is 33. The summed E-state index contributed by atoms with van der Waals surface area (Å²) in [5, 5.41) is 79.5. The average Bonchev–Trinajstić information content (AvgIpc) is 0.833. The van der Waals surface area contributed by atoms with Crippen LogP contribution >= 0.6 is 0 Å².